The summed E-state index contributed by atoms with van der Waals surface area (Å²) < 4.78 is 75.1. The van der Waals surface area contributed by atoms with E-state index in [9.17, 15) is 26.4 Å². The third-order valence-corrected chi connectivity index (χ3v) is 5.47. The quantitative estimate of drug-likeness (QED) is 0.644. The molecule has 1 unspecified atom stereocenters. The molecular weight excluding hydrogens is 451 g/mol. The number of carbonyl (C=O) groups is 1. The average Bonchev–Trinajstić information content (AvgIpc) is 2.67. The van der Waals surface area contributed by atoms with Crippen LogP contribution in [-0.2, 0) is 21.0 Å². The third-order valence-electron chi connectivity index (χ3n) is 3.81. The molecule has 0 bridgehead atoms. The van der Waals surface area contributed by atoms with Gasteiger partial charge in [0, 0.05) is 12.3 Å². The fourth-order valence-electron chi connectivity index (χ4n) is 2.24. The molecule has 0 spiro atoms. The highest BCUT2D eigenvalue weighted by molar-refractivity contribution is 7.90. The van der Waals surface area contributed by atoms with Crippen molar-refractivity contribution in [2.45, 2.75) is 24.0 Å². The van der Waals surface area contributed by atoms with E-state index in [0.29, 0.717) is 12.3 Å². The first kappa shape index (κ1) is 23.5. The molecule has 0 saturated heterocycles. The maximum absolute atomic E-state index is 12.7. The number of pyridine rings is 1. The molecule has 1 atom stereocenters. The number of hydrogen-bond donors (Lipinski definition) is 2. The Morgan fingerprint density at radius 1 is 1.20 bits per heavy atom. The Labute approximate surface area is 175 Å². The summed E-state index contributed by atoms with van der Waals surface area (Å²) in [5, 5.41) is 2.08. The number of hydrogen-bond acceptors (Lipinski definition) is 7. The van der Waals surface area contributed by atoms with Crippen molar-refractivity contribution in [1.82, 2.24) is 9.71 Å². The van der Waals surface area contributed by atoms with E-state index < -0.39 is 33.7 Å². The topological polar surface area (TPSA) is 107 Å². The summed E-state index contributed by atoms with van der Waals surface area (Å²) in [6.07, 6.45) is -4.10. The van der Waals surface area contributed by atoms with Crippen LogP contribution in [0, 0.1) is 0 Å². The predicted octanol–water partition coefficient (Wildman–Crippen LogP) is 3.08. The molecule has 30 heavy (non-hydrogen) atoms. The van der Waals surface area contributed by atoms with Crippen LogP contribution in [0.15, 0.2) is 35.4 Å². The normalized spacial score (nSPS) is 12.8. The van der Waals surface area contributed by atoms with Gasteiger partial charge in [-0.2, -0.15) is 13.2 Å². The highest BCUT2D eigenvalue weighted by atomic mass is 35.5. The SMILES string of the molecule is COc1ccc(OC)c(S(=O)(=O)NC(=O)C(C)Nc2ncc(C(F)(F)F)cc2Cl)c1. The van der Waals surface area contributed by atoms with Crippen LogP contribution in [0.25, 0.3) is 0 Å². The van der Waals surface area contributed by atoms with Gasteiger partial charge in [0.1, 0.15) is 28.3 Å². The second-order valence-corrected chi connectivity index (χ2v) is 7.96. The summed E-state index contributed by atoms with van der Waals surface area (Å²) in [4.78, 5) is 15.6. The Bertz CT molecular complexity index is 1050. The fourth-order valence-corrected chi connectivity index (χ4v) is 3.70. The van der Waals surface area contributed by atoms with Gasteiger partial charge in [0.2, 0.25) is 0 Å². The molecule has 0 aliphatic heterocycles. The van der Waals surface area contributed by atoms with Crippen LogP contribution in [-0.4, -0.2) is 39.6 Å². The van der Waals surface area contributed by atoms with Crippen LogP contribution < -0.4 is 19.5 Å². The summed E-state index contributed by atoms with van der Waals surface area (Å²) in [7, 11) is -1.76. The Kier molecular flexibility index (Phi) is 7.03. The molecule has 8 nitrogen and oxygen atoms in total. The number of aromatic nitrogens is 1. The third kappa shape index (κ3) is 5.45. The first-order valence-corrected chi connectivity index (χ1v) is 10.0. The van der Waals surface area contributed by atoms with E-state index in [2.05, 4.69) is 10.3 Å². The Morgan fingerprint density at radius 2 is 1.87 bits per heavy atom. The van der Waals surface area contributed by atoms with Crippen molar-refractivity contribution >= 4 is 33.3 Å². The van der Waals surface area contributed by atoms with Gasteiger partial charge in [0.25, 0.3) is 15.9 Å². The maximum atomic E-state index is 12.7. The molecule has 0 radical (unpaired) electrons. The molecule has 1 aromatic heterocycles. The molecule has 1 amide bonds. The van der Waals surface area contributed by atoms with Crippen molar-refractivity contribution in [3.8, 4) is 11.5 Å². The first-order valence-electron chi connectivity index (χ1n) is 8.17. The molecule has 0 aliphatic carbocycles. The number of methoxy groups -OCH3 is 2. The maximum Gasteiger partial charge on any atom is 0.417 e. The van der Waals surface area contributed by atoms with Gasteiger partial charge in [-0.1, -0.05) is 11.6 Å². The summed E-state index contributed by atoms with van der Waals surface area (Å²) in [5.41, 5.74) is -1.07. The van der Waals surface area contributed by atoms with Gasteiger partial charge in [-0.25, -0.2) is 18.1 Å². The van der Waals surface area contributed by atoms with Crippen molar-refractivity contribution < 1.29 is 35.9 Å². The number of halogens is 4. The number of nitrogens with zero attached hydrogens (tertiary/aromatic N) is 1. The zero-order valence-electron chi connectivity index (χ0n) is 15.9. The molecule has 0 aliphatic rings. The van der Waals surface area contributed by atoms with E-state index in [4.69, 9.17) is 21.1 Å². The molecule has 13 heteroatoms. The average molecular weight is 468 g/mol. The van der Waals surface area contributed by atoms with Gasteiger partial charge in [-0.15, -0.1) is 0 Å². The van der Waals surface area contributed by atoms with Gasteiger partial charge >= 0.3 is 6.18 Å². The van der Waals surface area contributed by atoms with Crippen molar-refractivity contribution in [1.29, 1.82) is 0 Å². The summed E-state index contributed by atoms with van der Waals surface area (Å²) >= 11 is 5.78. The van der Waals surface area contributed by atoms with Crippen LogP contribution in [0.2, 0.25) is 5.02 Å². The van der Waals surface area contributed by atoms with Crippen LogP contribution in [0.5, 0.6) is 11.5 Å². The lowest BCUT2D eigenvalue weighted by Gasteiger charge is -2.17. The second kappa shape index (κ2) is 8.96. The Balaban J connectivity index is 2.20. The van der Waals surface area contributed by atoms with Gasteiger partial charge < -0.3 is 14.8 Å². The van der Waals surface area contributed by atoms with E-state index in [1.807, 2.05) is 4.72 Å². The smallest absolute Gasteiger partial charge is 0.417 e. The molecule has 2 rings (SSSR count). The van der Waals surface area contributed by atoms with Crippen LogP contribution in [0.4, 0.5) is 19.0 Å². The summed E-state index contributed by atoms with van der Waals surface area (Å²) in [6, 6.07) is 3.42. The monoisotopic (exact) mass is 467 g/mol. The molecule has 164 valence electrons. The van der Waals surface area contributed by atoms with E-state index in [0.717, 1.165) is 0 Å². The lowest BCUT2D eigenvalue weighted by atomic mass is 10.2. The highest BCUT2D eigenvalue weighted by Gasteiger charge is 2.32. The Hall–Kier alpha value is -2.73. The highest BCUT2D eigenvalue weighted by Crippen LogP contribution is 2.32. The molecule has 1 aromatic carbocycles. The molecule has 1 heterocycles. The second-order valence-electron chi connectivity index (χ2n) is 5.90. The number of ether oxygens (including phenoxy) is 2. The van der Waals surface area contributed by atoms with E-state index in [-0.39, 0.29) is 27.2 Å². The standard InChI is InChI=1S/C17H17ClF3N3O5S/c1-9(23-15-12(18)6-10(8-22-15)17(19,20)21)16(25)24-30(26,27)14-7-11(28-2)4-5-13(14)29-3/h4-9H,1-3H3,(H,22,23)(H,24,25). The van der Waals surface area contributed by atoms with Gasteiger partial charge in [-0.05, 0) is 25.1 Å². The van der Waals surface area contributed by atoms with Crippen molar-refractivity contribution in [3.05, 3.63) is 41.0 Å². The van der Waals surface area contributed by atoms with Crippen LogP contribution >= 0.6 is 11.6 Å². The molecular formula is C17H17ClF3N3O5S. The van der Waals surface area contributed by atoms with Gasteiger partial charge in [-0.3, -0.25) is 4.79 Å². The van der Waals surface area contributed by atoms with Crippen molar-refractivity contribution in [2.24, 2.45) is 0 Å². The lowest BCUT2D eigenvalue weighted by Crippen LogP contribution is -2.41. The van der Waals surface area contributed by atoms with E-state index >= 15 is 0 Å². The number of nitrogens with one attached hydrogen (secondary N) is 2. The fraction of sp³-hybridized carbons (Fsp3) is 0.294. The number of alkyl halides is 3. The molecule has 2 aromatic rings. The van der Waals surface area contributed by atoms with E-state index in [1.54, 1.807) is 0 Å². The largest absolute Gasteiger partial charge is 0.497 e. The number of benzene rings is 1. The zero-order valence-corrected chi connectivity index (χ0v) is 17.4. The van der Waals surface area contributed by atoms with Crippen molar-refractivity contribution in [2.75, 3.05) is 19.5 Å². The number of anilines is 1. The minimum atomic E-state index is -4.64. The van der Waals surface area contributed by atoms with Gasteiger partial charge in [0.05, 0.1) is 24.8 Å². The van der Waals surface area contributed by atoms with Crippen LogP contribution in [0.1, 0.15) is 12.5 Å². The summed E-state index contributed by atoms with van der Waals surface area (Å²) in [5.74, 6) is -1.03. The minimum absolute atomic E-state index is 0.0239. The molecule has 0 fully saturated rings. The minimum Gasteiger partial charge on any atom is -0.497 e. The number of carbonyl (C=O) groups excluding carboxylic acids is 1. The van der Waals surface area contributed by atoms with E-state index in [1.165, 1.54) is 39.3 Å². The number of sulfonamides is 1. The molecule has 2 N–H and O–H groups in total. The lowest BCUT2D eigenvalue weighted by molar-refractivity contribution is -0.137. The first-order chi connectivity index (χ1) is 13.9. The predicted molar refractivity (Wildman–Crippen MR) is 102 cm³/mol. The van der Waals surface area contributed by atoms with Gasteiger partial charge in [0.15, 0.2) is 0 Å². The Morgan fingerprint density at radius 3 is 2.40 bits per heavy atom. The van der Waals surface area contributed by atoms with Crippen molar-refractivity contribution in [3.63, 3.8) is 0 Å². The van der Waals surface area contributed by atoms with Crippen LogP contribution in [0.3, 0.4) is 0 Å². The summed E-state index contributed by atoms with van der Waals surface area (Å²) in [6.45, 7) is 1.28. The zero-order chi connectivity index (χ0) is 22.7. The number of amides is 1. The molecule has 0 saturated carbocycles. The number of rotatable bonds is 7.